The van der Waals surface area contributed by atoms with Crippen molar-refractivity contribution >= 4 is 0 Å². The first-order chi connectivity index (χ1) is 6.52. The van der Waals surface area contributed by atoms with E-state index in [1.165, 1.54) is 0 Å². The van der Waals surface area contributed by atoms with Crippen molar-refractivity contribution in [2.24, 2.45) is 0 Å². The average Bonchev–Trinajstić information content (AvgIpc) is 1.94. The van der Waals surface area contributed by atoms with E-state index < -0.39 is 37.5 Å². The molecule has 0 bridgehead atoms. The third-order valence-electron chi connectivity index (χ3n) is 1.58. The maximum atomic E-state index is 11.7. The Morgan fingerprint density at radius 2 is 1.60 bits per heavy atom. The first kappa shape index (κ1) is 14.5. The summed E-state index contributed by atoms with van der Waals surface area (Å²) in [5.74, 6) is 0. The van der Waals surface area contributed by atoms with Gasteiger partial charge in [-0.05, 0) is 6.92 Å². The predicted octanol–water partition coefficient (Wildman–Crippen LogP) is 1.84. The van der Waals surface area contributed by atoms with E-state index in [9.17, 15) is 26.3 Å². The van der Waals surface area contributed by atoms with Gasteiger partial charge in [0.2, 0.25) is 0 Å². The molecule has 0 aliphatic rings. The van der Waals surface area contributed by atoms with Gasteiger partial charge in [-0.15, -0.1) is 0 Å². The molecular formula is C7H11F6NO. The third kappa shape index (κ3) is 7.43. The molecule has 92 valence electrons. The normalized spacial score (nSPS) is 17.6. The number of aliphatic hydroxyl groups is 1. The Bertz CT molecular complexity index is 189. The Hall–Kier alpha value is -0.500. The summed E-state index contributed by atoms with van der Waals surface area (Å²) >= 11 is 0. The highest BCUT2D eigenvalue weighted by Gasteiger charge is 2.38. The molecule has 2 nitrogen and oxygen atoms in total. The molecule has 0 rings (SSSR count). The van der Waals surface area contributed by atoms with Crippen molar-refractivity contribution in [1.82, 2.24) is 5.32 Å². The SMILES string of the molecule is CC(CC(F)(F)F)NCC(O)C(F)(F)F. The molecule has 0 spiro atoms. The van der Waals surface area contributed by atoms with Gasteiger partial charge in [-0.3, -0.25) is 0 Å². The fraction of sp³-hybridized carbons (Fsp3) is 1.00. The monoisotopic (exact) mass is 239 g/mol. The van der Waals surface area contributed by atoms with E-state index >= 15 is 0 Å². The molecule has 2 N–H and O–H groups in total. The summed E-state index contributed by atoms with van der Waals surface area (Å²) in [6.07, 6.45) is -13.1. The van der Waals surface area contributed by atoms with Crippen molar-refractivity contribution < 1.29 is 31.4 Å². The number of nitrogens with one attached hydrogen (secondary N) is 1. The van der Waals surface area contributed by atoms with Crippen molar-refractivity contribution in [2.75, 3.05) is 6.54 Å². The van der Waals surface area contributed by atoms with Crippen LogP contribution in [-0.2, 0) is 0 Å². The molecule has 2 atom stereocenters. The van der Waals surface area contributed by atoms with Crippen molar-refractivity contribution in [2.45, 2.75) is 37.8 Å². The lowest BCUT2D eigenvalue weighted by atomic mass is 10.2. The van der Waals surface area contributed by atoms with Crippen LogP contribution in [0.2, 0.25) is 0 Å². The van der Waals surface area contributed by atoms with E-state index in [2.05, 4.69) is 0 Å². The highest BCUT2D eigenvalue weighted by molar-refractivity contribution is 4.72. The lowest BCUT2D eigenvalue weighted by Gasteiger charge is -2.19. The fourth-order valence-electron chi connectivity index (χ4n) is 0.848. The van der Waals surface area contributed by atoms with Crippen molar-refractivity contribution in [3.05, 3.63) is 0 Å². The van der Waals surface area contributed by atoms with Crippen LogP contribution < -0.4 is 5.32 Å². The summed E-state index contributed by atoms with van der Waals surface area (Å²) < 4.78 is 70.4. The average molecular weight is 239 g/mol. The largest absolute Gasteiger partial charge is 0.415 e. The summed E-state index contributed by atoms with van der Waals surface area (Å²) in [4.78, 5) is 0. The van der Waals surface area contributed by atoms with Crippen molar-refractivity contribution in [1.29, 1.82) is 0 Å². The van der Waals surface area contributed by atoms with Gasteiger partial charge >= 0.3 is 12.4 Å². The van der Waals surface area contributed by atoms with Crippen LogP contribution in [0.1, 0.15) is 13.3 Å². The standard InChI is InChI=1S/C7H11F6NO/c1-4(2-6(8,9)10)14-3-5(15)7(11,12)13/h4-5,14-15H,2-3H2,1H3. The maximum absolute atomic E-state index is 11.7. The lowest BCUT2D eigenvalue weighted by molar-refractivity contribution is -0.202. The molecule has 0 aliphatic carbocycles. The van der Waals surface area contributed by atoms with Crippen LogP contribution in [0.5, 0.6) is 0 Å². The van der Waals surface area contributed by atoms with E-state index in [-0.39, 0.29) is 0 Å². The van der Waals surface area contributed by atoms with Gasteiger partial charge in [0.25, 0.3) is 0 Å². The number of hydrogen-bond donors (Lipinski definition) is 2. The molecule has 0 aliphatic heterocycles. The van der Waals surface area contributed by atoms with E-state index in [0.29, 0.717) is 0 Å². The van der Waals surface area contributed by atoms with Gasteiger partial charge in [0.1, 0.15) is 0 Å². The zero-order chi connectivity index (χ0) is 12.3. The smallest absolute Gasteiger partial charge is 0.382 e. The van der Waals surface area contributed by atoms with Crippen molar-refractivity contribution in [3.63, 3.8) is 0 Å². The molecule has 0 radical (unpaired) electrons. The van der Waals surface area contributed by atoms with Gasteiger partial charge in [0, 0.05) is 12.6 Å². The second kappa shape index (κ2) is 5.02. The molecule has 0 fully saturated rings. The number of aliphatic hydroxyl groups excluding tert-OH is 1. The molecular weight excluding hydrogens is 228 g/mol. The first-order valence-corrected chi connectivity index (χ1v) is 4.07. The van der Waals surface area contributed by atoms with Crippen LogP contribution >= 0.6 is 0 Å². The number of halogens is 6. The minimum absolute atomic E-state index is 0.944. The number of rotatable bonds is 4. The topological polar surface area (TPSA) is 32.3 Å². The second-order valence-corrected chi connectivity index (χ2v) is 3.19. The second-order valence-electron chi connectivity index (χ2n) is 3.19. The quantitative estimate of drug-likeness (QED) is 0.734. The van der Waals surface area contributed by atoms with Gasteiger partial charge in [-0.25, -0.2) is 0 Å². The molecule has 0 aromatic rings. The summed E-state index contributed by atoms with van der Waals surface area (Å²) in [5, 5.41) is 10.4. The Labute approximate surface area is 82.3 Å². The molecule has 0 heterocycles. The molecule has 2 unspecified atom stereocenters. The van der Waals surface area contributed by atoms with Crippen LogP contribution in [0.4, 0.5) is 26.3 Å². The van der Waals surface area contributed by atoms with Gasteiger partial charge in [0.05, 0.1) is 6.42 Å². The first-order valence-electron chi connectivity index (χ1n) is 4.07. The molecule has 0 aromatic carbocycles. The van der Waals surface area contributed by atoms with Gasteiger partial charge < -0.3 is 10.4 Å². The summed E-state index contributed by atoms with van der Waals surface area (Å²) in [5.41, 5.74) is 0. The summed E-state index contributed by atoms with van der Waals surface area (Å²) in [6, 6.07) is -1.16. The molecule has 0 amide bonds. The van der Waals surface area contributed by atoms with E-state index in [1.54, 1.807) is 0 Å². The third-order valence-corrected chi connectivity index (χ3v) is 1.58. The predicted molar refractivity (Wildman–Crippen MR) is 40.2 cm³/mol. The zero-order valence-electron chi connectivity index (χ0n) is 7.78. The Balaban J connectivity index is 3.87. The van der Waals surface area contributed by atoms with Crippen LogP contribution in [0.25, 0.3) is 0 Å². The fourth-order valence-corrected chi connectivity index (χ4v) is 0.848. The van der Waals surface area contributed by atoms with E-state index in [4.69, 9.17) is 5.11 Å². The Kier molecular flexibility index (Phi) is 4.85. The minimum Gasteiger partial charge on any atom is -0.382 e. The number of alkyl halides is 6. The maximum Gasteiger partial charge on any atom is 0.415 e. The van der Waals surface area contributed by atoms with Crippen LogP contribution in [0, 0.1) is 0 Å². The zero-order valence-corrected chi connectivity index (χ0v) is 7.78. The Morgan fingerprint density at radius 3 is 1.93 bits per heavy atom. The molecule has 15 heavy (non-hydrogen) atoms. The van der Waals surface area contributed by atoms with Gasteiger partial charge in [-0.1, -0.05) is 0 Å². The molecule has 8 heteroatoms. The van der Waals surface area contributed by atoms with Gasteiger partial charge in [-0.2, -0.15) is 26.3 Å². The summed E-state index contributed by atoms with van der Waals surface area (Å²) in [6.45, 7) is 0.150. The van der Waals surface area contributed by atoms with Crippen LogP contribution in [-0.4, -0.2) is 36.1 Å². The van der Waals surface area contributed by atoms with E-state index in [0.717, 1.165) is 6.92 Å². The Morgan fingerprint density at radius 1 is 1.13 bits per heavy atom. The lowest BCUT2D eigenvalue weighted by Crippen LogP contribution is -2.42. The molecule has 0 saturated carbocycles. The van der Waals surface area contributed by atoms with Crippen LogP contribution in [0.15, 0.2) is 0 Å². The van der Waals surface area contributed by atoms with Crippen molar-refractivity contribution in [3.8, 4) is 0 Å². The highest BCUT2D eigenvalue weighted by atomic mass is 19.4. The number of hydrogen-bond acceptors (Lipinski definition) is 2. The van der Waals surface area contributed by atoms with E-state index in [1.807, 2.05) is 5.32 Å². The minimum atomic E-state index is -4.81. The molecule has 0 aromatic heterocycles. The van der Waals surface area contributed by atoms with Crippen LogP contribution in [0.3, 0.4) is 0 Å². The van der Waals surface area contributed by atoms with Gasteiger partial charge in [0.15, 0.2) is 6.10 Å². The molecule has 0 saturated heterocycles. The summed E-state index contributed by atoms with van der Waals surface area (Å²) in [7, 11) is 0. The highest BCUT2D eigenvalue weighted by Crippen LogP contribution is 2.22.